The second-order valence-electron chi connectivity index (χ2n) is 8.69. The van der Waals surface area contributed by atoms with Crippen molar-refractivity contribution in [1.29, 1.82) is 0 Å². The van der Waals surface area contributed by atoms with Gasteiger partial charge in [-0.3, -0.25) is 13.9 Å². The Morgan fingerprint density at radius 1 is 1.03 bits per heavy atom. The van der Waals surface area contributed by atoms with Crippen LogP contribution in [0.4, 0.5) is 5.69 Å². The topological polar surface area (TPSA) is 96.0 Å². The summed E-state index contributed by atoms with van der Waals surface area (Å²) in [5.74, 6) is -0.309. The Balaban J connectivity index is 2.07. The van der Waals surface area contributed by atoms with E-state index in [-0.39, 0.29) is 28.1 Å². The molecule has 202 valence electrons. The highest BCUT2D eigenvalue weighted by molar-refractivity contribution is 7.92. The highest BCUT2D eigenvalue weighted by Crippen LogP contribution is 2.31. The Bertz CT molecular complexity index is 1380. The number of sulfonamides is 1. The molecule has 3 aromatic rings. The first kappa shape index (κ1) is 29.0. The molecule has 0 fully saturated rings. The highest BCUT2D eigenvalue weighted by atomic mass is 35.5. The summed E-state index contributed by atoms with van der Waals surface area (Å²) in [5, 5.41) is 2.78. The minimum absolute atomic E-state index is 0.0218. The van der Waals surface area contributed by atoms with Gasteiger partial charge in [0.15, 0.2) is 0 Å². The van der Waals surface area contributed by atoms with Gasteiger partial charge in [0, 0.05) is 13.6 Å². The number of hydrogen-bond donors (Lipinski definition) is 1. The fourth-order valence-corrected chi connectivity index (χ4v) is 5.78. The second kappa shape index (κ2) is 12.8. The Morgan fingerprint density at radius 2 is 1.71 bits per heavy atom. The first-order valence-corrected chi connectivity index (χ1v) is 13.9. The van der Waals surface area contributed by atoms with Crippen LogP contribution in [0.2, 0.25) is 5.02 Å². The maximum absolute atomic E-state index is 13.9. The third kappa shape index (κ3) is 6.65. The number of halogens is 1. The zero-order valence-electron chi connectivity index (χ0n) is 21.8. The van der Waals surface area contributed by atoms with E-state index in [4.69, 9.17) is 16.3 Å². The number of carbonyl (C=O) groups excluding carboxylic acids is 2. The standard InChI is InChI=1S/C28H32ClN3O5S/c1-5-25(28(34)30-3)31(18-21-9-8-10-22(17-21)37-4)27(33)19-32(26-12-7-6-11-24(26)29)38(35,36)23-15-13-20(2)14-16-23/h6-17,25H,5,18-19H2,1-4H3,(H,30,34)/t25-/m1/s1. The number of nitrogens with zero attached hydrogens (tertiary/aromatic N) is 2. The lowest BCUT2D eigenvalue weighted by Crippen LogP contribution is -2.51. The average Bonchev–Trinajstić information content (AvgIpc) is 2.92. The monoisotopic (exact) mass is 557 g/mol. The lowest BCUT2D eigenvalue weighted by atomic mass is 10.1. The molecule has 0 radical (unpaired) electrons. The molecular weight excluding hydrogens is 526 g/mol. The van der Waals surface area contributed by atoms with Gasteiger partial charge in [-0.2, -0.15) is 0 Å². The van der Waals surface area contributed by atoms with Gasteiger partial charge in [-0.05, 0) is 55.3 Å². The number of nitrogens with one attached hydrogen (secondary N) is 1. The molecular formula is C28H32ClN3O5S. The van der Waals surface area contributed by atoms with Crippen molar-refractivity contribution >= 4 is 39.1 Å². The molecule has 0 aliphatic heterocycles. The number of ether oxygens (including phenoxy) is 1. The van der Waals surface area contributed by atoms with Crippen LogP contribution in [0.3, 0.4) is 0 Å². The van der Waals surface area contributed by atoms with E-state index in [0.29, 0.717) is 12.2 Å². The van der Waals surface area contributed by atoms with Crippen LogP contribution in [0, 0.1) is 6.92 Å². The van der Waals surface area contributed by atoms with Crippen LogP contribution in [0.5, 0.6) is 5.75 Å². The predicted molar refractivity (Wildman–Crippen MR) is 149 cm³/mol. The normalized spacial score (nSPS) is 11.9. The Hall–Kier alpha value is -3.56. The van der Waals surface area contributed by atoms with Crippen molar-refractivity contribution in [3.8, 4) is 5.75 Å². The van der Waals surface area contributed by atoms with Gasteiger partial charge < -0.3 is 15.0 Å². The third-order valence-corrected chi connectivity index (χ3v) is 8.22. The number of rotatable bonds is 11. The number of aryl methyl sites for hydroxylation is 1. The molecule has 0 aromatic heterocycles. The van der Waals surface area contributed by atoms with Crippen molar-refractivity contribution < 1.29 is 22.7 Å². The van der Waals surface area contributed by atoms with Crippen LogP contribution in [0.15, 0.2) is 77.7 Å². The second-order valence-corrected chi connectivity index (χ2v) is 11.0. The van der Waals surface area contributed by atoms with Crippen LogP contribution >= 0.6 is 11.6 Å². The van der Waals surface area contributed by atoms with Crippen molar-refractivity contribution in [3.05, 3.63) is 88.9 Å². The minimum atomic E-state index is -4.18. The third-order valence-electron chi connectivity index (χ3n) is 6.13. The van der Waals surface area contributed by atoms with Gasteiger partial charge in [0.2, 0.25) is 11.8 Å². The SMILES string of the molecule is CC[C@H](C(=O)NC)N(Cc1cccc(OC)c1)C(=O)CN(c1ccccc1Cl)S(=O)(=O)c1ccc(C)cc1. The lowest BCUT2D eigenvalue weighted by Gasteiger charge is -2.33. The van der Waals surface area contributed by atoms with E-state index in [0.717, 1.165) is 15.4 Å². The molecule has 0 saturated heterocycles. The molecule has 2 amide bonds. The zero-order chi connectivity index (χ0) is 27.9. The smallest absolute Gasteiger partial charge is 0.264 e. The molecule has 0 aliphatic carbocycles. The van der Waals surface area contributed by atoms with Crippen molar-refractivity contribution in [1.82, 2.24) is 10.2 Å². The average molecular weight is 558 g/mol. The van der Waals surface area contributed by atoms with Gasteiger partial charge in [0.05, 0.1) is 22.7 Å². The summed E-state index contributed by atoms with van der Waals surface area (Å²) in [4.78, 5) is 28.1. The van der Waals surface area contributed by atoms with E-state index < -0.39 is 28.5 Å². The molecule has 1 N–H and O–H groups in total. The summed E-state index contributed by atoms with van der Waals surface area (Å²) in [7, 11) is -1.15. The van der Waals surface area contributed by atoms with Gasteiger partial charge in [0.1, 0.15) is 18.3 Å². The Morgan fingerprint density at radius 3 is 2.32 bits per heavy atom. The van der Waals surface area contributed by atoms with E-state index in [1.54, 1.807) is 68.6 Å². The fraction of sp³-hybridized carbons (Fsp3) is 0.286. The van der Waals surface area contributed by atoms with Crippen LogP contribution in [-0.4, -0.2) is 51.9 Å². The van der Waals surface area contributed by atoms with Crippen LogP contribution in [-0.2, 0) is 26.2 Å². The number of methoxy groups -OCH3 is 1. The number of para-hydroxylation sites is 1. The molecule has 38 heavy (non-hydrogen) atoms. The Labute approximate surface area is 229 Å². The maximum Gasteiger partial charge on any atom is 0.264 e. The number of amides is 2. The van der Waals surface area contributed by atoms with Crippen LogP contribution < -0.4 is 14.4 Å². The number of benzene rings is 3. The lowest BCUT2D eigenvalue weighted by molar-refractivity contribution is -0.140. The summed E-state index contributed by atoms with van der Waals surface area (Å²) in [6.45, 7) is 3.16. The van der Waals surface area contributed by atoms with Crippen LogP contribution in [0.1, 0.15) is 24.5 Å². The zero-order valence-corrected chi connectivity index (χ0v) is 23.4. The molecule has 0 unspecified atom stereocenters. The molecule has 10 heteroatoms. The quantitative estimate of drug-likeness (QED) is 0.377. The van der Waals surface area contributed by atoms with Crippen molar-refractivity contribution in [2.24, 2.45) is 0 Å². The Kier molecular flexibility index (Phi) is 9.77. The molecule has 0 bridgehead atoms. The molecule has 0 saturated carbocycles. The van der Waals surface area contributed by atoms with Crippen molar-refractivity contribution in [2.45, 2.75) is 37.8 Å². The molecule has 1 atom stereocenters. The van der Waals surface area contributed by atoms with Crippen LogP contribution in [0.25, 0.3) is 0 Å². The summed E-state index contributed by atoms with van der Waals surface area (Å²) < 4.78 is 34.0. The van der Waals surface area contributed by atoms with E-state index in [9.17, 15) is 18.0 Å². The predicted octanol–water partition coefficient (Wildman–Crippen LogP) is 4.41. The van der Waals surface area contributed by atoms with E-state index in [1.807, 2.05) is 13.0 Å². The maximum atomic E-state index is 13.9. The number of carbonyl (C=O) groups is 2. The molecule has 8 nitrogen and oxygen atoms in total. The largest absolute Gasteiger partial charge is 0.497 e. The van der Waals surface area contributed by atoms with Gasteiger partial charge in [-0.1, -0.05) is 60.5 Å². The summed E-state index contributed by atoms with van der Waals surface area (Å²) in [6.07, 6.45) is 0.326. The van der Waals surface area contributed by atoms with Crippen molar-refractivity contribution in [3.63, 3.8) is 0 Å². The van der Waals surface area contributed by atoms with E-state index in [2.05, 4.69) is 5.32 Å². The summed E-state index contributed by atoms with van der Waals surface area (Å²) in [6, 6.07) is 19.1. The number of anilines is 1. The highest BCUT2D eigenvalue weighted by Gasteiger charge is 2.34. The summed E-state index contributed by atoms with van der Waals surface area (Å²) >= 11 is 6.42. The van der Waals surface area contributed by atoms with Gasteiger partial charge in [-0.15, -0.1) is 0 Å². The van der Waals surface area contributed by atoms with Gasteiger partial charge >= 0.3 is 0 Å². The van der Waals surface area contributed by atoms with Crippen molar-refractivity contribution in [2.75, 3.05) is 25.0 Å². The number of hydrogen-bond acceptors (Lipinski definition) is 5. The first-order chi connectivity index (χ1) is 18.1. The van der Waals surface area contributed by atoms with Gasteiger partial charge in [-0.25, -0.2) is 8.42 Å². The molecule has 0 spiro atoms. The molecule has 3 rings (SSSR count). The van der Waals surface area contributed by atoms with E-state index >= 15 is 0 Å². The van der Waals surface area contributed by atoms with E-state index in [1.165, 1.54) is 24.1 Å². The first-order valence-electron chi connectivity index (χ1n) is 12.1. The van der Waals surface area contributed by atoms with Gasteiger partial charge in [0.25, 0.3) is 10.0 Å². The molecule has 0 aliphatic rings. The fourth-order valence-electron chi connectivity index (χ4n) is 4.06. The minimum Gasteiger partial charge on any atom is -0.497 e. The number of likely N-dealkylation sites (N-methyl/N-ethyl adjacent to an activating group) is 1. The molecule has 0 heterocycles. The summed E-state index contributed by atoms with van der Waals surface area (Å²) in [5.41, 5.74) is 1.79. The molecule has 3 aromatic carbocycles.